The van der Waals surface area contributed by atoms with Crippen molar-refractivity contribution in [3.63, 3.8) is 0 Å². The largest absolute Gasteiger partial charge is 0.494 e. The van der Waals surface area contributed by atoms with Crippen molar-refractivity contribution in [2.45, 2.75) is 26.8 Å². The van der Waals surface area contributed by atoms with E-state index in [0.29, 0.717) is 18.5 Å². The minimum atomic E-state index is -0.727. The number of aryl methyl sites for hydroxylation is 1. The molecule has 0 bridgehead atoms. The maximum absolute atomic E-state index is 11.5. The standard InChI is InChI=1S/C10H14N2O3/c1-3-4-12-7(13)5-6(2)8(9(11)14)10(12)15/h5,15H,3-4H2,1-2H3,(H2,11,14). The van der Waals surface area contributed by atoms with Crippen LogP contribution in [0.3, 0.4) is 0 Å². The highest BCUT2D eigenvalue weighted by Gasteiger charge is 2.16. The Morgan fingerprint density at radius 2 is 2.20 bits per heavy atom. The molecule has 0 aromatic carbocycles. The molecule has 0 atom stereocenters. The number of nitrogens with two attached hydrogens (primary N) is 1. The van der Waals surface area contributed by atoms with E-state index >= 15 is 0 Å². The second kappa shape index (κ2) is 4.16. The van der Waals surface area contributed by atoms with E-state index in [4.69, 9.17) is 5.73 Å². The lowest BCUT2D eigenvalue weighted by molar-refractivity contribution is 0.0995. The van der Waals surface area contributed by atoms with Crippen LogP contribution in [0.15, 0.2) is 10.9 Å². The summed E-state index contributed by atoms with van der Waals surface area (Å²) in [5.74, 6) is -1.07. The maximum atomic E-state index is 11.5. The number of primary amides is 1. The number of amides is 1. The summed E-state index contributed by atoms with van der Waals surface area (Å²) < 4.78 is 1.15. The molecule has 1 aromatic rings. The van der Waals surface area contributed by atoms with E-state index < -0.39 is 5.91 Å². The number of aromatic nitrogens is 1. The first kappa shape index (κ1) is 11.3. The van der Waals surface area contributed by atoms with Gasteiger partial charge in [-0.1, -0.05) is 6.92 Å². The minimum absolute atomic E-state index is 0.0167. The summed E-state index contributed by atoms with van der Waals surface area (Å²) in [5, 5.41) is 9.71. The molecule has 0 saturated carbocycles. The normalized spacial score (nSPS) is 10.3. The van der Waals surface area contributed by atoms with Crippen molar-refractivity contribution in [1.82, 2.24) is 4.57 Å². The molecule has 0 fully saturated rings. The molecule has 0 aliphatic rings. The number of aromatic hydroxyl groups is 1. The van der Waals surface area contributed by atoms with Gasteiger partial charge < -0.3 is 10.8 Å². The van der Waals surface area contributed by atoms with Gasteiger partial charge in [0.25, 0.3) is 11.5 Å². The Balaban J connectivity index is 3.49. The molecule has 0 unspecified atom stereocenters. The molecule has 1 aromatic heterocycles. The highest BCUT2D eigenvalue weighted by atomic mass is 16.3. The van der Waals surface area contributed by atoms with E-state index in [1.54, 1.807) is 6.92 Å². The number of rotatable bonds is 3. The van der Waals surface area contributed by atoms with Gasteiger partial charge in [0.05, 0.1) is 0 Å². The third-order valence-electron chi connectivity index (χ3n) is 2.17. The van der Waals surface area contributed by atoms with E-state index in [9.17, 15) is 14.7 Å². The Labute approximate surface area is 87.1 Å². The Morgan fingerprint density at radius 1 is 1.60 bits per heavy atom. The lowest BCUT2D eigenvalue weighted by Crippen LogP contribution is -2.24. The van der Waals surface area contributed by atoms with Gasteiger partial charge in [-0.3, -0.25) is 14.2 Å². The average molecular weight is 210 g/mol. The van der Waals surface area contributed by atoms with Crippen LogP contribution in [0.5, 0.6) is 5.88 Å². The zero-order valence-electron chi connectivity index (χ0n) is 8.78. The summed E-state index contributed by atoms with van der Waals surface area (Å²) in [6.45, 7) is 3.80. The number of nitrogens with zero attached hydrogens (tertiary/aromatic N) is 1. The predicted octanol–water partition coefficient (Wildman–Crippen LogP) is 0.371. The lowest BCUT2D eigenvalue weighted by atomic mass is 10.1. The van der Waals surface area contributed by atoms with Crippen molar-refractivity contribution in [1.29, 1.82) is 0 Å². The second-order valence-corrected chi connectivity index (χ2v) is 3.38. The highest BCUT2D eigenvalue weighted by Crippen LogP contribution is 2.17. The van der Waals surface area contributed by atoms with Crippen LogP contribution >= 0.6 is 0 Å². The highest BCUT2D eigenvalue weighted by molar-refractivity contribution is 5.96. The van der Waals surface area contributed by atoms with Crippen LogP contribution < -0.4 is 11.3 Å². The number of carbonyl (C=O) groups excluding carboxylic acids is 1. The molecule has 15 heavy (non-hydrogen) atoms. The SMILES string of the molecule is CCCn1c(O)c(C(N)=O)c(C)cc1=O. The van der Waals surface area contributed by atoms with E-state index in [1.807, 2.05) is 6.92 Å². The van der Waals surface area contributed by atoms with Gasteiger partial charge in [0, 0.05) is 12.6 Å². The van der Waals surface area contributed by atoms with Crippen LogP contribution in [-0.2, 0) is 6.54 Å². The molecule has 3 N–H and O–H groups in total. The summed E-state index contributed by atoms with van der Waals surface area (Å²) in [7, 11) is 0. The van der Waals surface area contributed by atoms with Crippen LogP contribution in [0.1, 0.15) is 29.3 Å². The smallest absolute Gasteiger partial charge is 0.254 e. The van der Waals surface area contributed by atoms with Gasteiger partial charge in [0.15, 0.2) is 0 Å². The predicted molar refractivity (Wildman–Crippen MR) is 55.9 cm³/mol. The third kappa shape index (κ3) is 2.01. The quantitative estimate of drug-likeness (QED) is 0.755. The molecule has 82 valence electrons. The molecular weight excluding hydrogens is 196 g/mol. The van der Waals surface area contributed by atoms with Crippen molar-refractivity contribution >= 4 is 5.91 Å². The lowest BCUT2D eigenvalue weighted by Gasteiger charge is -2.11. The number of hydrogen-bond donors (Lipinski definition) is 2. The number of carbonyl (C=O) groups is 1. The van der Waals surface area contributed by atoms with Gasteiger partial charge in [-0.15, -0.1) is 0 Å². The molecule has 5 nitrogen and oxygen atoms in total. The molecule has 0 saturated heterocycles. The van der Waals surface area contributed by atoms with Crippen molar-refractivity contribution in [2.75, 3.05) is 0 Å². The maximum Gasteiger partial charge on any atom is 0.254 e. The summed E-state index contributed by atoms with van der Waals surface area (Å²) in [6, 6.07) is 1.30. The van der Waals surface area contributed by atoms with Crippen molar-refractivity contribution < 1.29 is 9.90 Å². The van der Waals surface area contributed by atoms with Gasteiger partial charge >= 0.3 is 0 Å². The first-order chi connectivity index (χ1) is 6.99. The third-order valence-corrected chi connectivity index (χ3v) is 2.17. The Hall–Kier alpha value is -1.78. The molecule has 0 aliphatic heterocycles. The van der Waals surface area contributed by atoms with Gasteiger partial charge in [0.1, 0.15) is 5.56 Å². The number of hydrogen-bond acceptors (Lipinski definition) is 3. The molecule has 5 heteroatoms. The average Bonchev–Trinajstić information content (AvgIpc) is 2.11. The number of pyridine rings is 1. The molecule has 1 heterocycles. The monoisotopic (exact) mass is 210 g/mol. The molecule has 1 amide bonds. The van der Waals surface area contributed by atoms with Gasteiger partial charge in [-0.2, -0.15) is 0 Å². The van der Waals surface area contributed by atoms with Crippen LogP contribution in [-0.4, -0.2) is 15.6 Å². The van der Waals surface area contributed by atoms with Crippen molar-refractivity contribution in [3.05, 3.63) is 27.5 Å². The van der Waals surface area contributed by atoms with E-state index in [2.05, 4.69) is 0 Å². The Bertz CT molecular complexity index is 449. The van der Waals surface area contributed by atoms with Crippen LogP contribution in [0.25, 0.3) is 0 Å². The zero-order chi connectivity index (χ0) is 11.6. The molecule has 0 spiro atoms. The first-order valence-corrected chi connectivity index (χ1v) is 4.72. The molecule has 0 radical (unpaired) electrons. The van der Waals surface area contributed by atoms with Crippen LogP contribution in [0.2, 0.25) is 0 Å². The molecule has 1 rings (SSSR count). The van der Waals surface area contributed by atoms with E-state index in [0.717, 1.165) is 4.57 Å². The van der Waals surface area contributed by atoms with Gasteiger partial charge in [-0.25, -0.2) is 0 Å². The van der Waals surface area contributed by atoms with E-state index in [1.165, 1.54) is 6.07 Å². The Kier molecular flexibility index (Phi) is 3.14. The summed E-state index contributed by atoms with van der Waals surface area (Å²) in [6.07, 6.45) is 0.689. The molecule has 0 aliphatic carbocycles. The fourth-order valence-electron chi connectivity index (χ4n) is 1.50. The summed E-state index contributed by atoms with van der Waals surface area (Å²) in [4.78, 5) is 22.5. The van der Waals surface area contributed by atoms with Crippen molar-refractivity contribution in [2.24, 2.45) is 5.73 Å². The molecular formula is C10H14N2O3. The summed E-state index contributed by atoms with van der Waals surface area (Å²) in [5.41, 5.74) is 5.21. The van der Waals surface area contributed by atoms with Crippen LogP contribution in [0, 0.1) is 6.92 Å². The Morgan fingerprint density at radius 3 is 2.67 bits per heavy atom. The topological polar surface area (TPSA) is 85.3 Å². The van der Waals surface area contributed by atoms with E-state index in [-0.39, 0.29) is 17.0 Å². The fraction of sp³-hybridized carbons (Fsp3) is 0.400. The van der Waals surface area contributed by atoms with Gasteiger partial charge in [0.2, 0.25) is 5.88 Å². The summed E-state index contributed by atoms with van der Waals surface area (Å²) >= 11 is 0. The van der Waals surface area contributed by atoms with Crippen molar-refractivity contribution in [3.8, 4) is 5.88 Å². The fourth-order valence-corrected chi connectivity index (χ4v) is 1.50. The van der Waals surface area contributed by atoms with Crippen LogP contribution in [0.4, 0.5) is 0 Å². The zero-order valence-corrected chi connectivity index (χ0v) is 8.78. The minimum Gasteiger partial charge on any atom is -0.494 e. The van der Waals surface area contributed by atoms with Gasteiger partial charge in [-0.05, 0) is 18.9 Å². The second-order valence-electron chi connectivity index (χ2n) is 3.38. The first-order valence-electron chi connectivity index (χ1n) is 4.72.